The van der Waals surface area contributed by atoms with Gasteiger partial charge in [0, 0.05) is 18.4 Å². The van der Waals surface area contributed by atoms with Gasteiger partial charge in [-0.1, -0.05) is 19.0 Å². The Labute approximate surface area is 121 Å². The summed E-state index contributed by atoms with van der Waals surface area (Å²) in [6.45, 7) is 4.66. The first-order valence-corrected chi connectivity index (χ1v) is 8.21. The number of nitrogens with zero attached hydrogens (tertiary/aromatic N) is 2. The van der Waals surface area contributed by atoms with E-state index in [4.69, 9.17) is 10.3 Å². The van der Waals surface area contributed by atoms with Gasteiger partial charge in [-0.15, -0.1) is 0 Å². The molecule has 1 atom stereocenters. The van der Waals surface area contributed by atoms with Crippen LogP contribution in [0.1, 0.15) is 70.0 Å². The highest BCUT2D eigenvalue weighted by Crippen LogP contribution is 2.38. The van der Waals surface area contributed by atoms with Gasteiger partial charge in [0.05, 0.1) is 0 Å². The summed E-state index contributed by atoms with van der Waals surface area (Å²) in [7, 11) is 0. The van der Waals surface area contributed by atoms with E-state index in [2.05, 4.69) is 24.0 Å². The summed E-state index contributed by atoms with van der Waals surface area (Å²) in [4.78, 5) is 4.60. The Morgan fingerprint density at radius 1 is 1.10 bits per heavy atom. The van der Waals surface area contributed by atoms with Gasteiger partial charge in [-0.25, -0.2) is 0 Å². The minimum atomic E-state index is 0.208. The van der Waals surface area contributed by atoms with Crippen molar-refractivity contribution in [2.24, 2.45) is 23.5 Å². The fraction of sp³-hybridized carbons (Fsp3) is 0.875. The second-order valence-electron chi connectivity index (χ2n) is 7.11. The van der Waals surface area contributed by atoms with E-state index in [0.717, 1.165) is 30.0 Å². The van der Waals surface area contributed by atoms with Gasteiger partial charge in [-0.3, -0.25) is 0 Å². The van der Waals surface area contributed by atoms with Crippen LogP contribution in [0.25, 0.3) is 0 Å². The van der Waals surface area contributed by atoms with Gasteiger partial charge < -0.3 is 10.3 Å². The van der Waals surface area contributed by atoms with E-state index in [1.165, 1.54) is 38.5 Å². The summed E-state index contributed by atoms with van der Waals surface area (Å²) in [5.41, 5.74) is 6.12. The Hall–Kier alpha value is -0.900. The van der Waals surface area contributed by atoms with Crippen LogP contribution in [0.3, 0.4) is 0 Å². The molecule has 2 saturated carbocycles. The summed E-state index contributed by atoms with van der Waals surface area (Å²) in [6.07, 6.45) is 8.29. The molecule has 0 amide bonds. The zero-order chi connectivity index (χ0) is 14.1. The molecule has 1 heterocycles. The summed E-state index contributed by atoms with van der Waals surface area (Å²) in [6, 6.07) is 0.208. The molecule has 0 spiro atoms. The third kappa shape index (κ3) is 3.22. The lowest BCUT2D eigenvalue weighted by Gasteiger charge is -2.29. The molecule has 2 aliphatic rings. The van der Waals surface area contributed by atoms with E-state index < -0.39 is 0 Å². The molecule has 2 fully saturated rings. The maximum Gasteiger partial charge on any atom is 0.228 e. The average Bonchev–Trinajstić information content (AvgIpc) is 3.20. The second-order valence-corrected chi connectivity index (χ2v) is 7.11. The molecule has 4 nitrogen and oxygen atoms in total. The van der Waals surface area contributed by atoms with Crippen molar-refractivity contribution in [2.75, 3.05) is 0 Å². The third-order valence-corrected chi connectivity index (χ3v) is 5.20. The fourth-order valence-corrected chi connectivity index (χ4v) is 3.45. The molecule has 0 bridgehead atoms. The van der Waals surface area contributed by atoms with E-state index in [9.17, 15) is 0 Å². The van der Waals surface area contributed by atoms with Crippen molar-refractivity contribution in [3.8, 4) is 0 Å². The topological polar surface area (TPSA) is 64.9 Å². The van der Waals surface area contributed by atoms with E-state index in [1.807, 2.05) is 0 Å². The molecule has 1 aromatic rings. The molecule has 0 radical (unpaired) electrons. The van der Waals surface area contributed by atoms with E-state index in [0.29, 0.717) is 11.8 Å². The van der Waals surface area contributed by atoms with Gasteiger partial charge in [0.1, 0.15) is 0 Å². The summed E-state index contributed by atoms with van der Waals surface area (Å²) >= 11 is 0. The van der Waals surface area contributed by atoms with Gasteiger partial charge in [0.25, 0.3) is 0 Å². The van der Waals surface area contributed by atoms with Gasteiger partial charge in [-0.2, -0.15) is 4.98 Å². The van der Waals surface area contributed by atoms with Crippen LogP contribution in [0.2, 0.25) is 0 Å². The molecular formula is C16H27N3O. The van der Waals surface area contributed by atoms with Crippen LogP contribution in [0.5, 0.6) is 0 Å². The molecule has 0 aliphatic heterocycles. The molecule has 4 heteroatoms. The Morgan fingerprint density at radius 2 is 1.75 bits per heavy atom. The lowest BCUT2D eigenvalue weighted by Crippen LogP contribution is -2.25. The molecule has 2 N–H and O–H groups in total. The summed E-state index contributed by atoms with van der Waals surface area (Å²) < 4.78 is 5.40. The highest BCUT2D eigenvalue weighted by Gasteiger charge is 2.31. The minimum Gasteiger partial charge on any atom is -0.339 e. The van der Waals surface area contributed by atoms with Crippen molar-refractivity contribution in [1.82, 2.24) is 10.1 Å². The van der Waals surface area contributed by atoms with Gasteiger partial charge in [-0.05, 0) is 56.3 Å². The predicted molar refractivity (Wildman–Crippen MR) is 78.2 cm³/mol. The van der Waals surface area contributed by atoms with Crippen molar-refractivity contribution in [3.05, 3.63) is 11.7 Å². The number of aromatic nitrogens is 2. The molecule has 0 saturated heterocycles. The second kappa shape index (κ2) is 5.84. The smallest absolute Gasteiger partial charge is 0.228 e. The van der Waals surface area contributed by atoms with Gasteiger partial charge >= 0.3 is 0 Å². The zero-order valence-corrected chi connectivity index (χ0v) is 12.7. The van der Waals surface area contributed by atoms with Crippen LogP contribution in [0.15, 0.2) is 4.52 Å². The van der Waals surface area contributed by atoms with Crippen molar-refractivity contribution >= 4 is 0 Å². The Kier molecular flexibility index (Phi) is 4.11. The summed E-state index contributed by atoms with van der Waals surface area (Å²) in [5, 5.41) is 4.20. The average molecular weight is 277 g/mol. The Morgan fingerprint density at radius 3 is 2.35 bits per heavy atom. The molecule has 112 valence electrons. The van der Waals surface area contributed by atoms with Gasteiger partial charge in [0.15, 0.2) is 5.82 Å². The first-order chi connectivity index (χ1) is 9.63. The molecule has 1 unspecified atom stereocenters. The standard InChI is InChI=1S/C16H27N3O/c1-10(2)11-3-7-13(8-4-11)16-18-15(20-19-16)9-14(17)12-5-6-12/h10-14H,3-9,17H2,1-2H3. The summed E-state index contributed by atoms with van der Waals surface area (Å²) in [5.74, 6) is 4.52. The monoisotopic (exact) mass is 277 g/mol. The number of hydrogen-bond donors (Lipinski definition) is 1. The zero-order valence-electron chi connectivity index (χ0n) is 12.7. The Balaban J connectivity index is 1.54. The van der Waals surface area contributed by atoms with Crippen LogP contribution >= 0.6 is 0 Å². The lowest BCUT2D eigenvalue weighted by molar-refractivity contribution is 0.251. The van der Waals surface area contributed by atoms with Gasteiger partial charge in [0.2, 0.25) is 5.89 Å². The van der Waals surface area contributed by atoms with Crippen LogP contribution in [-0.4, -0.2) is 16.2 Å². The molecule has 2 aliphatic carbocycles. The van der Waals surface area contributed by atoms with Crippen LogP contribution in [0, 0.1) is 17.8 Å². The van der Waals surface area contributed by atoms with Crippen molar-refractivity contribution in [2.45, 2.75) is 70.8 Å². The predicted octanol–water partition coefficient (Wildman–Crippen LogP) is 3.28. The van der Waals surface area contributed by atoms with E-state index in [-0.39, 0.29) is 6.04 Å². The van der Waals surface area contributed by atoms with Crippen molar-refractivity contribution in [1.29, 1.82) is 0 Å². The largest absolute Gasteiger partial charge is 0.339 e. The third-order valence-electron chi connectivity index (χ3n) is 5.20. The maximum absolute atomic E-state index is 6.12. The van der Waals surface area contributed by atoms with Crippen molar-refractivity contribution < 1.29 is 4.52 Å². The number of rotatable bonds is 5. The van der Waals surface area contributed by atoms with Crippen LogP contribution in [-0.2, 0) is 6.42 Å². The number of hydrogen-bond acceptors (Lipinski definition) is 4. The first-order valence-electron chi connectivity index (χ1n) is 8.21. The van der Waals surface area contributed by atoms with Crippen LogP contribution < -0.4 is 5.73 Å². The highest BCUT2D eigenvalue weighted by atomic mass is 16.5. The molecule has 1 aromatic heterocycles. The normalized spacial score (nSPS) is 28.8. The van der Waals surface area contributed by atoms with Crippen molar-refractivity contribution in [3.63, 3.8) is 0 Å². The molecule has 0 aromatic carbocycles. The SMILES string of the molecule is CC(C)C1CCC(c2noc(CC(N)C3CC3)n2)CC1. The minimum absolute atomic E-state index is 0.208. The molecular weight excluding hydrogens is 250 g/mol. The van der Waals surface area contributed by atoms with E-state index in [1.54, 1.807) is 0 Å². The quantitative estimate of drug-likeness (QED) is 0.897. The Bertz CT molecular complexity index is 431. The molecule has 3 rings (SSSR count). The lowest BCUT2D eigenvalue weighted by atomic mass is 9.77. The van der Waals surface area contributed by atoms with Crippen LogP contribution in [0.4, 0.5) is 0 Å². The van der Waals surface area contributed by atoms with E-state index >= 15 is 0 Å². The first kappa shape index (κ1) is 14.1. The highest BCUT2D eigenvalue weighted by molar-refractivity contribution is 5.00. The fourth-order valence-electron chi connectivity index (χ4n) is 3.45. The maximum atomic E-state index is 6.12. The number of nitrogens with two attached hydrogens (primary N) is 1. The molecule has 20 heavy (non-hydrogen) atoms.